The molecule has 0 bridgehead atoms. The zero-order valence-corrected chi connectivity index (χ0v) is 12.6. The smallest absolute Gasteiger partial charge is 0.240 e. The standard InChI is InChI=1S/C14H22N2O3S/c1-19-12-14(7-9-15-10-8-14)11-16-20(17,18)13-5-3-2-4-6-13/h2-6,15-16H,7-12H2,1H3. The van der Waals surface area contributed by atoms with Crippen LogP contribution in [0.15, 0.2) is 35.2 Å². The second-order valence-electron chi connectivity index (χ2n) is 5.32. The highest BCUT2D eigenvalue weighted by Crippen LogP contribution is 2.28. The van der Waals surface area contributed by atoms with E-state index >= 15 is 0 Å². The zero-order chi connectivity index (χ0) is 14.5. The van der Waals surface area contributed by atoms with E-state index in [0.29, 0.717) is 18.0 Å². The minimum absolute atomic E-state index is 0.109. The van der Waals surface area contributed by atoms with Gasteiger partial charge in [-0.1, -0.05) is 18.2 Å². The molecule has 2 rings (SSSR count). The summed E-state index contributed by atoms with van der Waals surface area (Å²) in [4.78, 5) is 0.307. The summed E-state index contributed by atoms with van der Waals surface area (Å²) in [7, 11) is -1.78. The molecule has 0 aromatic heterocycles. The topological polar surface area (TPSA) is 67.4 Å². The van der Waals surface area contributed by atoms with Crippen LogP contribution in [0.5, 0.6) is 0 Å². The average molecular weight is 298 g/mol. The Morgan fingerprint density at radius 1 is 1.25 bits per heavy atom. The van der Waals surface area contributed by atoms with Crippen LogP contribution in [0, 0.1) is 5.41 Å². The van der Waals surface area contributed by atoms with Gasteiger partial charge in [0.15, 0.2) is 0 Å². The minimum Gasteiger partial charge on any atom is -0.384 e. The van der Waals surface area contributed by atoms with Gasteiger partial charge in [-0.15, -0.1) is 0 Å². The lowest BCUT2D eigenvalue weighted by Crippen LogP contribution is -2.47. The minimum atomic E-state index is -3.44. The molecule has 6 heteroatoms. The molecule has 0 spiro atoms. The third-order valence-corrected chi connectivity index (χ3v) is 5.22. The van der Waals surface area contributed by atoms with Crippen molar-refractivity contribution in [1.29, 1.82) is 0 Å². The fourth-order valence-corrected chi connectivity index (χ4v) is 3.74. The molecular weight excluding hydrogens is 276 g/mol. The fraction of sp³-hybridized carbons (Fsp3) is 0.571. The molecule has 0 unspecified atom stereocenters. The maximum atomic E-state index is 12.3. The van der Waals surface area contributed by atoms with Gasteiger partial charge in [0, 0.05) is 19.1 Å². The Morgan fingerprint density at radius 2 is 1.90 bits per heavy atom. The van der Waals surface area contributed by atoms with Crippen molar-refractivity contribution in [1.82, 2.24) is 10.0 Å². The number of benzene rings is 1. The number of sulfonamides is 1. The Hall–Kier alpha value is -0.950. The molecule has 1 aromatic rings. The maximum Gasteiger partial charge on any atom is 0.240 e. The number of rotatable bonds is 6. The van der Waals surface area contributed by atoms with Gasteiger partial charge < -0.3 is 10.1 Å². The van der Waals surface area contributed by atoms with Crippen LogP contribution in [0.3, 0.4) is 0 Å². The van der Waals surface area contributed by atoms with Gasteiger partial charge in [0.25, 0.3) is 0 Å². The summed E-state index contributed by atoms with van der Waals surface area (Å²) in [5.74, 6) is 0. The van der Waals surface area contributed by atoms with Crippen LogP contribution in [0.2, 0.25) is 0 Å². The lowest BCUT2D eigenvalue weighted by Gasteiger charge is -2.37. The number of hydrogen-bond acceptors (Lipinski definition) is 4. The summed E-state index contributed by atoms with van der Waals surface area (Å²) < 4.78 is 32.5. The van der Waals surface area contributed by atoms with E-state index < -0.39 is 10.0 Å². The Morgan fingerprint density at radius 3 is 2.50 bits per heavy atom. The van der Waals surface area contributed by atoms with Gasteiger partial charge >= 0.3 is 0 Å². The van der Waals surface area contributed by atoms with Crippen LogP contribution in [0.4, 0.5) is 0 Å². The summed E-state index contributed by atoms with van der Waals surface area (Å²) in [6.45, 7) is 2.79. The molecule has 1 heterocycles. The predicted molar refractivity (Wildman–Crippen MR) is 78.0 cm³/mol. The van der Waals surface area contributed by atoms with E-state index in [-0.39, 0.29) is 5.41 Å². The van der Waals surface area contributed by atoms with Gasteiger partial charge in [-0.25, -0.2) is 13.1 Å². The Bertz CT molecular complexity index is 505. The number of hydrogen-bond donors (Lipinski definition) is 2. The molecule has 1 aliphatic rings. The summed E-state index contributed by atoms with van der Waals surface area (Å²) >= 11 is 0. The molecule has 2 N–H and O–H groups in total. The van der Waals surface area contributed by atoms with Gasteiger partial charge in [0.05, 0.1) is 11.5 Å². The van der Waals surface area contributed by atoms with Crippen LogP contribution in [0.1, 0.15) is 12.8 Å². The van der Waals surface area contributed by atoms with E-state index in [1.165, 1.54) is 0 Å². The Labute approximate surface area is 120 Å². The van der Waals surface area contributed by atoms with Crippen molar-refractivity contribution in [2.45, 2.75) is 17.7 Å². The lowest BCUT2D eigenvalue weighted by atomic mass is 9.80. The van der Waals surface area contributed by atoms with Crippen molar-refractivity contribution in [2.24, 2.45) is 5.41 Å². The van der Waals surface area contributed by atoms with Gasteiger partial charge in [-0.05, 0) is 38.1 Å². The van der Waals surface area contributed by atoms with Crippen LogP contribution in [-0.4, -0.2) is 41.8 Å². The van der Waals surface area contributed by atoms with E-state index in [4.69, 9.17) is 4.74 Å². The quantitative estimate of drug-likeness (QED) is 0.821. The van der Waals surface area contributed by atoms with Crippen molar-refractivity contribution in [3.63, 3.8) is 0 Å². The monoisotopic (exact) mass is 298 g/mol. The van der Waals surface area contributed by atoms with Crippen molar-refractivity contribution in [2.75, 3.05) is 33.4 Å². The summed E-state index contributed by atoms with van der Waals surface area (Å²) in [6, 6.07) is 8.47. The van der Waals surface area contributed by atoms with E-state index in [2.05, 4.69) is 10.0 Å². The highest BCUT2D eigenvalue weighted by molar-refractivity contribution is 7.89. The van der Waals surface area contributed by atoms with Crippen LogP contribution >= 0.6 is 0 Å². The average Bonchev–Trinajstić information content (AvgIpc) is 2.48. The van der Waals surface area contributed by atoms with Gasteiger partial charge in [-0.3, -0.25) is 0 Å². The molecule has 1 fully saturated rings. The lowest BCUT2D eigenvalue weighted by molar-refractivity contribution is 0.0577. The molecule has 20 heavy (non-hydrogen) atoms. The van der Waals surface area contributed by atoms with Gasteiger partial charge in [0.1, 0.15) is 0 Å². The highest BCUT2D eigenvalue weighted by Gasteiger charge is 2.33. The fourth-order valence-electron chi connectivity index (χ4n) is 2.57. The van der Waals surface area contributed by atoms with Crippen LogP contribution in [-0.2, 0) is 14.8 Å². The molecule has 0 aliphatic carbocycles. The molecule has 1 saturated heterocycles. The first-order valence-electron chi connectivity index (χ1n) is 6.82. The molecular formula is C14H22N2O3S. The van der Waals surface area contributed by atoms with Crippen LogP contribution in [0.25, 0.3) is 0 Å². The largest absolute Gasteiger partial charge is 0.384 e. The normalized spacial score (nSPS) is 18.9. The van der Waals surface area contributed by atoms with Gasteiger partial charge in [0.2, 0.25) is 10.0 Å². The molecule has 0 atom stereocenters. The van der Waals surface area contributed by atoms with E-state index in [0.717, 1.165) is 25.9 Å². The molecule has 112 valence electrons. The van der Waals surface area contributed by atoms with Crippen molar-refractivity contribution >= 4 is 10.0 Å². The van der Waals surface area contributed by atoms with Gasteiger partial charge in [-0.2, -0.15) is 0 Å². The predicted octanol–water partition coefficient (Wildman–Crippen LogP) is 0.981. The molecule has 0 radical (unpaired) electrons. The first-order chi connectivity index (χ1) is 9.58. The molecule has 1 aliphatic heterocycles. The first-order valence-corrected chi connectivity index (χ1v) is 8.31. The van der Waals surface area contributed by atoms with E-state index in [1.807, 2.05) is 0 Å². The highest BCUT2D eigenvalue weighted by atomic mass is 32.2. The summed E-state index contributed by atoms with van der Waals surface area (Å²) in [6.07, 6.45) is 1.83. The third-order valence-electron chi connectivity index (χ3n) is 3.81. The number of ether oxygens (including phenoxy) is 1. The molecule has 5 nitrogen and oxygen atoms in total. The number of nitrogens with one attached hydrogen (secondary N) is 2. The maximum absolute atomic E-state index is 12.3. The number of piperidine rings is 1. The first kappa shape index (κ1) is 15.4. The van der Waals surface area contributed by atoms with Crippen LogP contribution < -0.4 is 10.0 Å². The number of methoxy groups -OCH3 is 1. The van der Waals surface area contributed by atoms with Crippen molar-refractivity contribution in [3.05, 3.63) is 30.3 Å². The summed E-state index contributed by atoms with van der Waals surface area (Å²) in [5, 5.41) is 3.29. The van der Waals surface area contributed by atoms with E-state index in [1.54, 1.807) is 37.4 Å². The molecule has 0 amide bonds. The second kappa shape index (κ2) is 6.67. The SMILES string of the molecule is COCC1(CNS(=O)(=O)c2ccccc2)CCNCC1. The molecule has 1 aromatic carbocycles. The Kier molecular flexibility index (Phi) is 5.15. The molecule has 0 saturated carbocycles. The second-order valence-corrected chi connectivity index (χ2v) is 7.09. The zero-order valence-electron chi connectivity index (χ0n) is 11.8. The van der Waals surface area contributed by atoms with Crippen molar-refractivity contribution in [3.8, 4) is 0 Å². The summed E-state index contributed by atoms with van der Waals surface area (Å²) in [5.41, 5.74) is -0.109. The Balaban J connectivity index is 2.05. The third kappa shape index (κ3) is 3.79. The van der Waals surface area contributed by atoms with Crippen molar-refractivity contribution < 1.29 is 13.2 Å². The van der Waals surface area contributed by atoms with E-state index in [9.17, 15) is 8.42 Å².